The standard InChI is InChI=1S/C18H27NO3S/c1-12-8-15(18(3,4)5)9-13(2)17(12)23(21,22)19-16-7-6-14(10-16)11-20/h6-9,14,16,19-20H,10-11H2,1-5H3/t14-,16+/m0/s1. The van der Waals surface area contributed by atoms with E-state index in [2.05, 4.69) is 25.5 Å². The molecule has 1 aromatic carbocycles. The smallest absolute Gasteiger partial charge is 0.241 e. The van der Waals surface area contributed by atoms with E-state index in [0.29, 0.717) is 11.3 Å². The van der Waals surface area contributed by atoms with Crippen LogP contribution >= 0.6 is 0 Å². The Balaban J connectivity index is 2.32. The van der Waals surface area contributed by atoms with E-state index in [4.69, 9.17) is 5.11 Å². The third-order valence-corrected chi connectivity index (χ3v) is 6.10. The number of aryl methyl sites for hydroxylation is 2. The highest BCUT2D eigenvalue weighted by Gasteiger charge is 2.27. The summed E-state index contributed by atoms with van der Waals surface area (Å²) in [7, 11) is -3.58. The summed E-state index contributed by atoms with van der Waals surface area (Å²) < 4.78 is 28.3. The SMILES string of the molecule is Cc1cc(C(C)(C)C)cc(C)c1S(=O)(=O)N[C@@H]1C=C[C@H](CO)C1. The number of hydrogen-bond donors (Lipinski definition) is 2. The minimum atomic E-state index is -3.58. The van der Waals surface area contributed by atoms with Gasteiger partial charge in [0.25, 0.3) is 0 Å². The Hall–Kier alpha value is -1.17. The van der Waals surface area contributed by atoms with Crippen molar-refractivity contribution >= 4 is 10.0 Å². The van der Waals surface area contributed by atoms with Gasteiger partial charge in [0.2, 0.25) is 10.0 Å². The Morgan fingerprint density at radius 3 is 2.17 bits per heavy atom. The summed E-state index contributed by atoms with van der Waals surface area (Å²) in [4.78, 5) is 0.367. The van der Waals surface area contributed by atoms with E-state index in [1.165, 1.54) is 0 Å². The molecule has 1 aliphatic rings. The number of rotatable bonds is 4. The minimum absolute atomic E-state index is 0.0201. The molecule has 1 aromatic rings. The lowest BCUT2D eigenvalue weighted by molar-refractivity contribution is 0.248. The molecule has 4 nitrogen and oxygen atoms in total. The largest absolute Gasteiger partial charge is 0.396 e. The molecule has 2 N–H and O–H groups in total. The highest BCUT2D eigenvalue weighted by molar-refractivity contribution is 7.89. The number of benzene rings is 1. The van der Waals surface area contributed by atoms with Crippen LogP contribution in [0.15, 0.2) is 29.2 Å². The Morgan fingerprint density at radius 2 is 1.74 bits per heavy atom. The first kappa shape index (κ1) is 18.2. The number of aliphatic hydroxyl groups excluding tert-OH is 1. The highest BCUT2D eigenvalue weighted by atomic mass is 32.2. The van der Waals surface area contributed by atoms with E-state index in [1.54, 1.807) is 0 Å². The van der Waals surface area contributed by atoms with Crippen molar-refractivity contribution in [3.05, 3.63) is 41.0 Å². The van der Waals surface area contributed by atoms with Crippen molar-refractivity contribution in [3.8, 4) is 0 Å². The predicted molar refractivity (Wildman–Crippen MR) is 93.1 cm³/mol. The quantitative estimate of drug-likeness (QED) is 0.830. The van der Waals surface area contributed by atoms with Crippen LogP contribution < -0.4 is 4.72 Å². The summed E-state index contributed by atoms with van der Waals surface area (Å²) in [5.41, 5.74) is 2.65. The molecule has 0 unspecified atom stereocenters. The van der Waals surface area contributed by atoms with Gasteiger partial charge in [0, 0.05) is 18.6 Å². The lowest BCUT2D eigenvalue weighted by Crippen LogP contribution is -2.34. The first-order valence-corrected chi connectivity index (χ1v) is 9.46. The molecule has 0 heterocycles. The third kappa shape index (κ3) is 4.03. The molecule has 2 atom stereocenters. The van der Waals surface area contributed by atoms with Crippen LogP contribution in [-0.4, -0.2) is 26.2 Å². The average molecular weight is 337 g/mol. The summed E-state index contributed by atoms with van der Waals surface area (Å²) in [6, 6.07) is 3.67. The molecule has 2 rings (SSSR count). The van der Waals surface area contributed by atoms with Gasteiger partial charge in [0.15, 0.2) is 0 Å². The zero-order chi connectivity index (χ0) is 17.4. The fourth-order valence-corrected chi connectivity index (χ4v) is 4.72. The van der Waals surface area contributed by atoms with E-state index >= 15 is 0 Å². The Bertz CT molecular complexity index is 691. The summed E-state index contributed by atoms with van der Waals surface area (Å²) >= 11 is 0. The Kier molecular flexibility index (Phi) is 5.04. The minimum Gasteiger partial charge on any atom is -0.396 e. The second-order valence-electron chi connectivity index (χ2n) is 7.48. The molecule has 23 heavy (non-hydrogen) atoms. The summed E-state index contributed by atoms with van der Waals surface area (Å²) in [5.74, 6) is 0.0353. The molecule has 0 aliphatic heterocycles. The Morgan fingerprint density at radius 1 is 1.17 bits per heavy atom. The number of aliphatic hydroxyl groups is 1. The molecule has 0 saturated heterocycles. The van der Waals surface area contributed by atoms with Gasteiger partial charge < -0.3 is 5.11 Å². The molecule has 5 heteroatoms. The van der Waals surface area contributed by atoms with Crippen LogP contribution in [-0.2, 0) is 15.4 Å². The number of nitrogens with one attached hydrogen (secondary N) is 1. The first-order chi connectivity index (χ1) is 10.5. The predicted octanol–water partition coefficient (Wildman–Crippen LogP) is 2.82. The summed E-state index contributed by atoms with van der Waals surface area (Å²) in [6.45, 7) is 10.1. The molecule has 128 valence electrons. The van der Waals surface area contributed by atoms with Crippen molar-refractivity contribution < 1.29 is 13.5 Å². The van der Waals surface area contributed by atoms with Crippen LogP contribution in [0.3, 0.4) is 0 Å². The molecule has 0 bridgehead atoms. The molecule has 0 saturated carbocycles. The van der Waals surface area contributed by atoms with Gasteiger partial charge in [-0.3, -0.25) is 0 Å². The average Bonchev–Trinajstić information content (AvgIpc) is 2.83. The van der Waals surface area contributed by atoms with Gasteiger partial charge in [-0.25, -0.2) is 13.1 Å². The van der Waals surface area contributed by atoms with Gasteiger partial charge in [-0.2, -0.15) is 0 Å². The summed E-state index contributed by atoms with van der Waals surface area (Å²) in [5, 5.41) is 9.17. The van der Waals surface area contributed by atoms with Crippen molar-refractivity contribution in [2.24, 2.45) is 5.92 Å². The molecule has 0 spiro atoms. The normalized spacial score (nSPS) is 21.8. The van der Waals surface area contributed by atoms with E-state index < -0.39 is 10.0 Å². The van der Waals surface area contributed by atoms with Gasteiger partial charge in [0.05, 0.1) is 4.90 Å². The molecule has 0 aromatic heterocycles. The van der Waals surface area contributed by atoms with E-state index in [9.17, 15) is 8.42 Å². The first-order valence-electron chi connectivity index (χ1n) is 7.98. The van der Waals surface area contributed by atoms with Gasteiger partial charge in [-0.15, -0.1) is 0 Å². The van der Waals surface area contributed by atoms with Crippen molar-refractivity contribution in [1.82, 2.24) is 4.72 Å². The van der Waals surface area contributed by atoms with Crippen molar-refractivity contribution in [2.45, 2.75) is 57.4 Å². The van der Waals surface area contributed by atoms with Crippen LogP contribution in [0.5, 0.6) is 0 Å². The Labute approximate surface area is 139 Å². The van der Waals surface area contributed by atoms with Gasteiger partial charge in [-0.1, -0.05) is 45.1 Å². The van der Waals surface area contributed by atoms with Crippen molar-refractivity contribution in [1.29, 1.82) is 0 Å². The zero-order valence-corrected chi connectivity index (χ0v) is 15.4. The highest BCUT2D eigenvalue weighted by Crippen LogP contribution is 2.29. The van der Waals surface area contributed by atoms with E-state index in [-0.39, 0.29) is 24.0 Å². The maximum Gasteiger partial charge on any atom is 0.241 e. The molecule has 0 fully saturated rings. The van der Waals surface area contributed by atoms with Crippen molar-refractivity contribution in [2.75, 3.05) is 6.61 Å². The van der Waals surface area contributed by atoms with Crippen LogP contribution in [0.1, 0.15) is 43.9 Å². The van der Waals surface area contributed by atoms with Crippen LogP contribution in [0.4, 0.5) is 0 Å². The monoisotopic (exact) mass is 337 g/mol. The summed E-state index contributed by atoms with van der Waals surface area (Å²) in [6.07, 6.45) is 4.30. The van der Waals surface area contributed by atoms with Crippen molar-refractivity contribution in [3.63, 3.8) is 0 Å². The number of sulfonamides is 1. The zero-order valence-electron chi connectivity index (χ0n) is 14.6. The lowest BCUT2D eigenvalue weighted by Gasteiger charge is -2.23. The molecular weight excluding hydrogens is 310 g/mol. The third-order valence-electron chi connectivity index (χ3n) is 4.31. The van der Waals surface area contributed by atoms with E-state index in [0.717, 1.165) is 16.7 Å². The second-order valence-corrected chi connectivity index (χ2v) is 9.13. The fourth-order valence-electron chi connectivity index (χ4n) is 3.06. The number of hydrogen-bond acceptors (Lipinski definition) is 3. The fraction of sp³-hybridized carbons (Fsp3) is 0.556. The molecule has 0 radical (unpaired) electrons. The second kappa shape index (κ2) is 6.38. The maximum absolute atomic E-state index is 12.8. The molecular formula is C18H27NO3S. The van der Waals surface area contributed by atoms with Crippen LogP contribution in [0.2, 0.25) is 0 Å². The topological polar surface area (TPSA) is 66.4 Å². The van der Waals surface area contributed by atoms with Gasteiger partial charge in [0.1, 0.15) is 0 Å². The maximum atomic E-state index is 12.8. The van der Waals surface area contributed by atoms with Gasteiger partial charge >= 0.3 is 0 Å². The molecule has 1 aliphatic carbocycles. The lowest BCUT2D eigenvalue weighted by atomic mass is 9.85. The van der Waals surface area contributed by atoms with E-state index in [1.807, 2.05) is 38.1 Å². The molecule has 0 amide bonds. The van der Waals surface area contributed by atoms with Crippen LogP contribution in [0, 0.1) is 19.8 Å². The van der Waals surface area contributed by atoms with Gasteiger partial charge in [-0.05, 0) is 42.4 Å². The van der Waals surface area contributed by atoms with Crippen LogP contribution in [0.25, 0.3) is 0 Å².